The zero-order chi connectivity index (χ0) is 16.5. The van der Waals surface area contributed by atoms with E-state index < -0.39 is 0 Å². The lowest BCUT2D eigenvalue weighted by Gasteiger charge is -2.15. The van der Waals surface area contributed by atoms with Crippen LogP contribution in [0.5, 0.6) is 0 Å². The predicted molar refractivity (Wildman–Crippen MR) is 102 cm³/mol. The first-order valence-corrected chi connectivity index (χ1v) is 9.58. The Morgan fingerprint density at radius 3 is 1.21 bits per heavy atom. The summed E-state index contributed by atoms with van der Waals surface area (Å²) in [5.74, 6) is 0. The van der Waals surface area contributed by atoms with Gasteiger partial charge in [0.2, 0.25) is 0 Å². The van der Waals surface area contributed by atoms with Crippen molar-refractivity contribution >= 4 is 12.4 Å². The van der Waals surface area contributed by atoms with Gasteiger partial charge in [0.25, 0.3) is 0 Å². The Balaban J connectivity index is 1.52. The van der Waals surface area contributed by atoms with E-state index in [1.54, 1.807) is 0 Å². The predicted octanol–water partition coefficient (Wildman–Crippen LogP) is 4.11. The van der Waals surface area contributed by atoms with Gasteiger partial charge in [0.15, 0.2) is 0 Å². The summed E-state index contributed by atoms with van der Waals surface area (Å²) in [5, 5.41) is 13.7. The maximum atomic E-state index is 4.64. The molecule has 0 unspecified atom stereocenters. The average molecular weight is 326 g/mol. The number of hydrogen-bond acceptors (Lipinski definition) is 4. The van der Waals surface area contributed by atoms with Crippen LogP contribution in [0.4, 0.5) is 0 Å². The quantitative estimate of drug-likeness (QED) is 0.780. The van der Waals surface area contributed by atoms with Crippen LogP contribution >= 0.6 is 0 Å². The Hall–Kier alpha value is -1.84. The van der Waals surface area contributed by atoms with Crippen molar-refractivity contribution in [2.45, 2.75) is 51.4 Å². The molecular weight excluding hydrogens is 296 g/mol. The van der Waals surface area contributed by atoms with Crippen molar-refractivity contribution in [2.75, 3.05) is 26.2 Å². The number of hydrogen-bond donors (Lipinski definition) is 0. The van der Waals surface area contributed by atoms with Gasteiger partial charge in [-0.3, -0.25) is 10.0 Å². The monoisotopic (exact) mass is 326 g/mol. The fraction of sp³-hybridized carbons (Fsp3) is 0.600. The third-order valence-corrected chi connectivity index (χ3v) is 4.84. The molecule has 4 heteroatoms. The standard InChI is InChI=1S/C20H30N4/c1-2-6-14-23(13-5-1)21-17-19-9-11-20(12-10-19)18-22-24-15-7-3-4-8-16-24/h9-12,17-18H,1-8,13-16H2/b21-17-,22-18-. The van der Waals surface area contributed by atoms with Gasteiger partial charge in [0.1, 0.15) is 0 Å². The van der Waals surface area contributed by atoms with Crippen LogP contribution in [0.25, 0.3) is 0 Å². The van der Waals surface area contributed by atoms with Crippen molar-refractivity contribution in [3.05, 3.63) is 35.4 Å². The molecule has 1 aromatic carbocycles. The Labute approximate surface area is 146 Å². The summed E-state index contributed by atoms with van der Waals surface area (Å²) in [5.41, 5.74) is 2.32. The lowest BCUT2D eigenvalue weighted by molar-refractivity contribution is 0.302. The molecule has 1 aromatic rings. The third-order valence-electron chi connectivity index (χ3n) is 4.84. The van der Waals surface area contributed by atoms with E-state index in [9.17, 15) is 0 Å². The van der Waals surface area contributed by atoms with Crippen LogP contribution in [-0.2, 0) is 0 Å². The van der Waals surface area contributed by atoms with E-state index in [2.05, 4.69) is 44.5 Å². The summed E-state index contributed by atoms with van der Waals surface area (Å²) in [6.45, 7) is 4.38. The van der Waals surface area contributed by atoms with Crippen molar-refractivity contribution in [1.29, 1.82) is 0 Å². The second-order valence-electron chi connectivity index (χ2n) is 6.89. The van der Waals surface area contributed by atoms with Gasteiger partial charge in [-0.1, -0.05) is 49.9 Å². The first-order valence-electron chi connectivity index (χ1n) is 9.58. The maximum Gasteiger partial charge on any atom is 0.0542 e. The van der Waals surface area contributed by atoms with Gasteiger partial charge in [0, 0.05) is 26.2 Å². The second-order valence-corrected chi connectivity index (χ2v) is 6.89. The van der Waals surface area contributed by atoms with E-state index in [0.717, 1.165) is 37.3 Å². The first kappa shape index (κ1) is 17.0. The van der Waals surface area contributed by atoms with Gasteiger partial charge in [-0.15, -0.1) is 0 Å². The van der Waals surface area contributed by atoms with E-state index in [1.807, 2.05) is 12.4 Å². The minimum Gasteiger partial charge on any atom is -0.297 e. The number of hydrazone groups is 2. The highest BCUT2D eigenvalue weighted by Crippen LogP contribution is 2.11. The van der Waals surface area contributed by atoms with E-state index in [1.165, 1.54) is 51.4 Å². The van der Waals surface area contributed by atoms with Crippen molar-refractivity contribution < 1.29 is 0 Å². The Morgan fingerprint density at radius 1 is 0.542 bits per heavy atom. The van der Waals surface area contributed by atoms with Crippen LogP contribution in [0.15, 0.2) is 34.5 Å². The van der Waals surface area contributed by atoms with Gasteiger partial charge >= 0.3 is 0 Å². The van der Waals surface area contributed by atoms with E-state index >= 15 is 0 Å². The van der Waals surface area contributed by atoms with Gasteiger partial charge in [-0.25, -0.2) is 0 Å². The molecule has 2 aliphatic rings. The molecule has 2 fully saturated rings. The molecule has 0 bridgehead atoms. The molecule has 0 spiro atoms. The van der Waals surface area contributed by atoms with Crippen molar-refractivity contribution in [2.24, 2.45) is 10.2 Å². The van der Waals surface area contributed by atoms with Crippen molar-refractivity contribution in [1.82, 2.24) is 10.0 Å². The van der Waals surface area contributed by atoms with Crippen molar-refractivity contribution in [3.63, 3.8) is 0 Å². The molecule has 0 radical (unpaired) electrons. The van der Waals surface area contributed by atoms with Crippen LogP contribution in [-0.4, -0.2) is 48.6 Å². The second kappa shape index (κ2) is 9.45. The molecule has 0 aliphatic carbocycles. The van der Waals surface area contributed by atoms with Crippen LogP contribution in [0, 0.1) is 0 Å². The molecular formula is C20H30N4. The van der Waals surface area contributed by atoms with Crippen molar-refractivity contribution in [3.8, 4) is 0 Å². The largest absolute Gasteiger partial charge is 0.297 e. The first-order chi connectivity index (χ1) is 11.9. The topological polar surface area (TPSA) is 31.2 Å². The molecule has 0 atom stereocenters. The molecule has 2 saturated heterocycles. The molecule has 3 rings (SSSR count). The van der Waals surface area contributed by atoms with Crippen LogP contribution in [0.2, 0.25) is 0 Å². The van der Waals surface area contributed by atoms with Gasteiger partial charge in [-0.2, -0.15) is 10.2 Å². The van der Waals surface area contributed by atoms with E-state index in [4.69, 9.17) is 0 Å². The summed E-state index contributed by atoms with van der Waals surface area (Å²) >= 11 is 0. The van der Waals surface area contributed by atoms with Gasteiger partial charge in [0.05, 0.1) is 12.4 Å². The summed E-state index contributed by atoms with van der Waals surface area (Å²) in [4.78, 5) is 0. The molecule has 0 amide bonds. The highest BCUT2D eigenvalue weighted by atomic mass is 15.4. The van der Waals surface area contributed by atoms with E-state index in [0.29, 0.717) is 0 Å². The number of benzene rings is 1. The Morgan fingerprint density at radius 2 is 0.875 bits per heavy atom. The Bertz CT molecular complexity index is 470. The highest BCUT2D eigenvalue weighted by Gasteiger charge is 2.06. The fourth-order valence-electron chi connectivity index (χ4n) is 3.30. The van der Waals surface area contributed by atoms with Gasteiger partial charge in [-0.05, 0) is 36.8 Å². The molecule has 2 heterocycles. The smallest absolute Gasteiger partial charge is 0.0542 e. The lowest BCUT2D eigenvalue weighted by Crippen LogP contribution is -2.18. The fourth-order valence-corrected chi connectivity index (χ4v) is 3.30. The maximum absolute atomic E-state index is 4.64. The summed E-state index contributed by atoms with van der Waals surface area (Å²) in [6.07, 6.45) is 14.4. The van der Waals surface area contributed by atoms with Gasteiger partial charge < -0.3 is 0 Å². The molecule has 0 saturated carbocycles. The summed E-state index contributed by atoms with van der Waals surface area (Å²) in [6, 6.07) is 8.52. The zero-order valence-electron chi connectivity index (χ0n) is 14.7. The van der Waals surface area contributed by atoms with E-state index in [-0.39, 0.29) is 0 Å². The normalized spacial score (nSPS) is 20.5. The number of nitrogens with zero attached hydrogens (tertiary/aromatic N) is 4. The highest BCUT2D eigenvalue weighted by molar-refractivity contribution is 5.83. The molecule has 130 valence electrons. The molecule has 0 aromatic heterocycles. The Kier molecular flexibility index (Phi) is 6.70. The van der Waals surface area contributed by atoms with Crippen LogP contribution in [0.3, 0.4) is 0 Å². The minimum atomic E-state index is 1.09. The number of rotatable bonds is 4. The zero-order valence-corrected chi connectivity index (χ0v) is 14.7. The molecule has 0 N–H and O–H groups in total. The molecule has 2 aliphatic heterocycles. The molecule has 4 nitrogen and oxygen atoms in total. The summed E-state index contributed by atoms with van der Waals surface area (Å²) in [7, 11) is 0. The summed E-state index contributed by atoms with van der Waals surface area (Å²) < 4.78 is 0. The third kappa shape index (κ3) is 5.66. The van der Waals surface area contributed by atoms with Crippen LogP contribution < -0.4 is 0 Å². The lowest BCUT2D eigenvalue weighted by atomic mass is 10.2. The average Bonchev–Trinajstić information content (AvgIpc) is 3.04. The molecule has 24 heavy (non-hydrogen) atoms. The SMILES string of the molecule is C(=N/N1CCCCCC1)/c1ccc(/C=N\N2CCCCCC2)cc1. The minimum absolute atomic E-state index is 1.09. The van der Waals surface area contributed by atoms with Crippen LogP contribution in [0.1, 0.15) is 62.5 Å².